The molecule has 0 unspecified atom stereocenters. The fourth-order valence-corrected chi connectivity index (χ4v) is 2.54. The van der Waals surface area contributed by atoms with Gasteiger partial charge in [0.05, 0.1) is 13.7 Å². The van der Waals surface area contributed by atoms with Crippen molar-refractivity contribution in [2.75, 3.05) is 13.7 Å². The molecule has 0 atom stereocenters. The summed E-state index contributed by atoms with van der Waals surface area (Å²) in [6, 6.07) is 13.1. The SMILES string of the molecule is CCOc1ccc(/C=C/C(=O)OCc2nc(-c3ccc(C)cc3)no2)cc1OC. The highest BCUT2D eigenvalue weighted by atomic mass is 16.6. The molecule has 0 amide bonds. The Hall–Kier alpha value is -3.61. The molecule has 150 valence electrons. The van der Waals surface area contributed by atoms with Crippen molar-refractivity contribution in [2.24, 2.45) is 0 Å². The number of hydrogen-bond donors (Lipinski definition) is 0. The Morgan fingerprint density at radius 3 is 2.66 bits per heavy atom. The Bertz CT molecular complexity index is 993. The number of ether oxygens (including phenoxy) is 3. The van der Waals surface area contributed by atoms with Gasteiger partial charge in [0.15, 0.2) is 18.1 Å². The van der Waals surface area contributed by atoms with Gasteiger partial charge < -0.3 is 18.7 Å². The van der Waals surface area contributed by atoms with Crippen molar-refractivity contribution in [1.29, 1.82) is 0 Å². The molecule has 0 fully saturated rings. The van der Waals surface area contributed by atoms with E-state index in [2.05, 4.69) is 10.1 Å². The third-order valence-electron chi connectivity index (χ3n) is 4.02. The summed E-state index contributed by atoms with van der Waals surface area (Å²) in [6.45, 7) is 4.34. The number of aromatic nitrogens is 2. The first-order chi connectivity index (χ1) is 14.1. The van der Waals surface area contributed by atoms with Crippen LogP contribution in [0.3, 0.4) is 0 Å². The van der Waals surface area contributed by atoms with Gasteiger partial charge in [-0.2, -0.15) is 4.98 Å². The average molecular weight is 394 g/mol. The van der Waals surface area contributed by atoms with Gasteiger partial charge in [0.25, 0.3) is 5.89 Å². The van der Waals surface area contributed by atoms with Crippen LogP contribution in [0.5, 0.6) is 11.5 Å². The normalized spacial score (nSPS) is 10.9. The molecule has 0 aliphatic heterocycles. The van der Waals surface area contributed by atoms with Gasteiger partial charge in [-0.15, -0.1) is 0 Å². The number of carbonyl (C=O) groups is 1. The Morgan fingerprint density at radius 2 is 1.93 bits per heavy atom. The summed E-state index contributed by atoms with van der Waals surface area (Å²) < 4.78 is 21.1. The van der Waals surface area contributed by atoms with E-state index in [1.54, 1.807) is 25.3 Å². The van der Waals surface area contributed by atoms with Gasteiger partial charge in [0, 0.05) is 11.6 Å². The summed E-state index contributed by atoms with van der Waals surface area (Å²) in [6.07, 6.45) is 2.96. The highest BCUT2D eigenvalue weighted by Gasteiger charge is 2.10. The lowest BCUT2D eigenvalue weighted by Gasteiger charge is -2.09. The van der Waals surface area contributed by atoms with Gasteiger partial charge >= 0.3 is 5.97 Å². The van der Waals surface area contributed by atoms with Crippen molar-refractivity contribution in [3.63, 3.8) is 0 Å². The second kappa shape index (κ2) is 9.54. The molecule has 0 saturated carbocycles. The molecule has 0 radical (unpaired) electrons. The van der Waals surface area contributed by atoms with Crippen LogP contribution in [-0.4, -0.2) is 29.8 Å². The van der Waals surface area contributed by atoms with E-state index in [1.807, 2.05) is 44.2 Å². The lowest BCUT2D eigenvalue weighted by atomic mass is 10.1. The second-order valence-corrected chi connectivity index (χ2v) is 6.16. The fourth-order valence-electron chi connectivity index (χ4n) is 2.54. The second-order valence-electron chi connectivity index (χ2n) is 6.16. The van der Waals surface area contributed by atoms with E-state index in [9.17, 15) is 4.79 Å². The summed E-state index contributed by atoms with van der Waals surface area (Å²) in [7, 11) is 1.56. The highest BCUT2D eigenvalue weighted by molar-refractivity contribution is 5.87. The van der Waals surface area contributed by atoms with E-state index >= 15 is 0 Å². The first-order valence-electron chi connectivity index (χ1n) is 9.14. The molecule has 3 rings (SSSR count). The molecule has 1 aromatic heterocycles. The van der Waals surface area contributed by atoms with Crippen molar-refractivity contribution >= 4 is 12.0 Å². The zero-order valence-electron chi connectivity index (χ0n) is 16.5. The molecule has 3 aromatic rings. The van der Waals surface area contributed by atoms with Crippen LogP contribution in [0.4, 0.5) is 0 Å². The summed E-state index contributed by atoms with van der Waals surface area (Å²) in [5.74, 6) is 1.40. The molecule has 0 aliphatic carbocycles. The number of carbonyl (C=O) groups excluding carboxylic acids is 1. The number of rotatable bonds is 8. The maximum Gasteiger partial charge on any atom is 0.331 e. The van der Waals surface area contributed by atoms with Gasteiger partial charge in [-0.3, -0.25) is 0 Å². The maximum absolute atomic E-state index is 12.0. The number of benzene rings is 2. The number of methoxy groups -OCH3 is 1. The van der Waals surface area contributed by atoms with E-state index in [4.69, 9.17) is 18.7 Å². The summed E-state index contributed by atoms with van der Waals surface area (Å²) in [5, 5.41) is 3.91. The molecule has 0 saturated heterocycles. The zero-order chi connectivity index (χ0) is 20.6. The standard InChI is InChI=1S/C22H22N2O5/c1-4-27-18-11-7-16(13-19(18)26-3)8-12-21(25)28-14-20-23-22(24-29-20)17-9-5-15(2)6-10-17/h5-13H,4,14H2,1-3H3/b12-8+. The molecule has 7 heteroatoms. The van der Waals surface area contributed by atoms with Crippen molar-refractivity contribution in [2.45, 2.75) is 20.5 Å². The van der Waals surface area contributed by atoms with Crippen LogP contribution in [0, 0.1) is 6.92 Å². The first-order valence-corrected chi connectivity index (χ1v) is 9.14. The van der Waals surface area contributed by atoms with Crippen molar-refractivity contribution < 1.29 is 23.5 Å². The van der Waals surface area contributed by atoms with Gasteiger partial charge in [-0.05, 0) is 37.6 Å². The molecule has 7 nitrogen and oxygen atoms in total. The lowest BCUT2D eigenvalue weighted by Crippen LogP contribution is -2.01. The summed E-state index contributed by atoms with van der Waals surface area (Å²) >= 11 is 0. The van der Waals surface area contributed by atoms with Crippen LogP contribution in [0.2, 0.25) is 0 Å². The fraction of sp³-hybridized carbons (Fsp3) is 0.227. The molecule has 0 spiro atoms. The number of esters is 1. The van der Waals surface area contributed by atoms with E-state index in [1.165, 1.54) is 6.08 Å². The van der Waals surface area contributed by atoms with E-state index < -0.39 is 5.97 Å². The number of hydrogen-bond acceptors (Lipinski definition) is 7. The smallest absolute Gasteiger partial charge is 0.331 e. The van der Waals surface area contributed by atoms with E-state index in [-0.39, 0.29) is 12.5 Å². The number of aryl methyl sites for hydroxylation is 1. The Kier molecular flexibility index (Phi) is 6.63. The predicted octanol–water partition coefficient (Wildman–Crippen LogP) is 4.21. The minimum Gasteiger partial charge on any atom is -0.493 e. The van der Waals surface area contributed by atoms with Crippen LogP contribution < -0.4 is 9.47 Å². The van der Waals surface area contributed by atoms with Gasteiger partial charge in [-0.1, -0.05) is 41.1 Å². The van der Waals surface area contributed by atoms with Gasteiger partial charge in [-0.25, -0.2) is 4.79 Å². The largest absolute Gasteiger partial charge is 0.493 e. The lowest BCUT2D eigenvalue weighted by molar-refractivity contribution is -0.139. The summed E-state index contributed by atoms with van der Waals surface area (Å²) in [4.78, 5) is 16.2. The van der Waals surface area contributed by atoms with Crippen molar-refractivity contribution in [3.05, 3.63) is 65.6 Å². The molecular formula is C22H22N2O5. The first kappa shape index (κ1) is 20.1. The van der Waals surface area contributed by atoms with Crippen LogP contribution in [0.1, 0.15) is 23.9 Å². The quantitative estimate of drug-likeness (QED) is 0.418. The van der Waals surface area contributed by atoms with Crippen molar-refractivity contribution in [3.8, 4) is 22.9 Å². The molecule has 29 heavy (non-hydrogen) atoms. The molecule has 2 aromatic carbocycles. The molecule has 0 aliphatic rings. The topological polar surface area (TPSA) is 83.7 Å². The average Bonchev–Trinajstić information content (AvgIpc) is 3.21. The minimum absolute atomic E-state index is 0.103. The van der Waals surface area contributed by atoms with Crippen molar-refractivity contribution in [1.82, 2.24) is 10.1 Å². The van der Waals surface area contributed by atoms with Crippen LogP contribution in [0.15, 0.2) is 53.1 Å². The zero-order valence-corrected chi connectivity index (χ0v) is 16.5. The van der Waals surface area contributed by atoms with Gasteiger partial charge in [0.1, 0.15) is 0 Å². The van der Waals surface area contributed by atoms with E-state index in [0.29, 0.717) is 23.9 Å². The van der Waals surface area contributed by atoms with E-state index in [0.717, 1.165) is 16.7 Å². The van der Waals surface area contributed by atoms with Crippen LogP contribution in [-0.2, 0) is 16.1 Å². The maximum atomic E-state index is 12.0. The monoisotopic (exact) mass is 394 g/mol. The number of nitrogens with zero attached hydrogens (tertiary/aromatic N) is 2. The highest BCUT2D eigenvalue weighted by Crippen LogP contribution is 2.28. The Balaban J connectivity index is 1.57. The Morgan fingerprint density at radius 1 is 1.14 bits per heavy atom. The predicted molar refractivity (Wildman–Crippen MR) is 107 cm³/mol. The third kappa shape index (κ3) is 5.44. The molecule has 1 heterocycles. The molecular weight excluding hydrogens is 372 g/mol. The van der Waals surface area contributed by atoms with Gasteiger partial charge in [0.2, 0.25) is 5.82 Å². The molecule has 0 bridgehead atoms. The molecule has 0 N–H and O–H groups in total. The van der Waals surface area contributed by atoms with Crippen LogP contribution in [0.25, 0.3) is 17.5 Å². The van der Waals surface area contributed by atoms with Crippen LogP contribution >= 0.6 is 0 Å². The third-order valence-corrected chi connectivity index (χ3v) is 4.02. The Labute approximate surface area is 168 Å². The summed E-state index contributed by atoms with van der Waals surface area (Å²) in [5.41, 5.74) is 2.76. The minimum atomic E-state index is -0.520.